The molecular weight excluding hydrogens is 293 g/mol. The van der Waals surface area contributed by atoms with E-state index in [9.17, 15) is 9.18 Å². The molecule has 2 aromatic rings. The molecule has 3 nitrogen and oxygen atoms in total. The molecule has 2 aromatic carbocycles. The van der Waals surface area contributed by atoms with Crippen LogP contribution in [-0.4, -0.2) is 24.5 Å². The third-order valence-electron chi connectivity index (χ3n) is 4.38. The van der Waals surface area contributed by atoms with E-state index in [0.717, 1.165) is 37.1 Å². The summed E-state index contributed by atoms with van der Waals surface area (Å²) in [7, 11) is 1.38. The zero-order valence-corrected chi connectivity index (χ0v) is 13.2. The first kappa shape index (κ1) is 15.7. The molecule has 0 aromatic heterocycles. The summed E-state index contributed by atoms with van der Waals surface area (Å²) < 4.78 is 17.8. The number of hydrogen-bond donors (Lipinski definition) is 0. The smallest absolute Gasteiger partial charge is 0.337 e. The molecule has 0 unspecified atom stereocenters. The predicted molar refractivity (Wildman–Crippen MR) is 86.6 cm³/mol. The molecule has 1 aliphatic rings. The Labute approximate surface area is 135 Å². The number of halogens is 1. The molecule has 1 heterocycles. The number of benzene rings is 2. The summed E-state index contributed by atoms with van der Waals surface area (Å²) in [5, 5.41) is 0. The normalized spacial score (nSPS) is 18.1. The van der Waals surface area contributed by atoms with Gasteiger partial charge in [0.2, 0.25) is 0 Å². The first-order chi connectivity index (χ1) is 11.2. The van der Waals surface area contributed by atoms with E-state index in [4.69, 9.17) is 4.74 Å². The minimum atomic E-state index is -0.318. The second-order valence-electron chi connectivity index (χ2n) is 5.87. The van der Waals surface area contributed by atoms with Gasteiger partial charge in [-0.3, -0.25) is 4.90 Å². The number of esters is 1. The maximum absolute atomic E-state index is 13.1. The van der Waals surface area contributed by atoms with Gasteiger partial charge >= 0.3 is 5.97 Å². The third-order valence-corrected chi connectivity index (χ3v) is 4.38. The lowest BCUT2D eigenvalue weighted by atomic mass is 10.0. The lowest BCUT2D eigenvalue weighted by molar-refractivity contribution is 0.0600. The molecule has 1 saturated heterocycles. The third kappa shape index (κ3) is 3.59. The Morgan fingerprint density at radius 1 is 1.17 bits per heavy atom. The van der Waals surface area contributed by atoms with Crippen LogP contribution >= 0.6 is 0 Å². The van der Waals surface area contributed by atoms with Gasteiger partial charge in [0.1, 0.15) is 5.82 Å². The van der Waals surface area contributed by atoms with Crippen molar-refractivity contribution < 1.29 is 13.9 Å². The molecular formula is C19H20FNO2. The van der Waals surface area contributed by atoms with E-state index in [0.29, 0.717) is 11.6 Å². The van der Waals surface area contributed by atoms with Gasteiger partial charge in [-0.15, -0.1) is 0 Å². The van der Waals surface area contributed by atoms with Crippen LogP contribution in [0.15, 0.2) is 48.5 Å². The molecule has 0 saturated carbocycles. The Bertz CT molecular complexity index is 667. The van der Waals surface area contributed by atoms with Crippen molar-refractivity contribution in [1.82, 2.24) is 4.90 Å². The van der Waals surface area contributed by atoms with Gasteiger partial charge in [-0.2, -0.15) is 0 Å². The van der Waals surface area contributed by atoms with Gasteiger partial charge in [0.15, 0.2) is 0 Å². The minimum Gasteiger partial charge on any atom is -0.465 e. The van der Waals surface area contributed by atoms with E-state index >= 15 is 0 Å². The second kappa shape index (κ2) is 6.92. The summed E-state index contributed by atoms with van der Waals surface area (Å²) in [5.74, 6) is -0.515. The maximum atomic E-state index is 13.1. The molecule has 0 N–H and O–H groups in total. The molecule has 120 valence electrons. The van der Waals surface area contributed by atoms with Gasteiger partial charge < -0.3 is 4.74 Å². The Kier molecular flexibility index (Phi) is 4.72. The van der Waals surface area contributed by atoms with Crippen LogP contribution in [0, 0.1) is 5.82 Å². The van der Waals surface area contributed by atoms with Crippen molar-refractivity contribution in [3.8, 4) is 0 Å². The number of hydrogen-bond acceptors (Lipinski definition) is 3. The summed E-state index contributed by atoms with van der Waals surface area (Å²) in [6.07, 6.45) is 2.23. The standard InChI is InChI=1S/C19H20FNO2/c1-23-19(22)16-6-4-14(5-7-16)13-21-12-2-3-18(21)15-8-10-17(20)11-9-15/h4-11,18H,2-3,12-13H2,1H3/t18-/m1/s1. The zero-order chi connectivity index (χ0) is 16.2. The van der Waals surface area contributed by atoms with Crippen LogP contribution in [0.4, 0.5) is 4.39 Å². The summed E-state index contributed by atoms with van der Waals surface area (Å²) in [6, 6.07) is 14.6. The highest BCUT2D eigenvalue weighted by Gasteiger charge is 2.25. The van der Waals surface area contributed by atoms with Crippen molar-refractivity contribution in [3.05, 3.63) is 71.0 Å². The van der Waals surface area contributed by atoms with E-state index in [1.807, 2.05) is 24.3 Å². The van der Waals surface area contributed by atoms with Gasteiger partial charge in [0, 0.05) is 12.6 Å². The quantitative estimate of drug-likeness (QED) is 0.801. The molecule has 0 aliphatic carbocycles. The van der Waals surface area contributed by atoms with Crippen LogP contribution in [0.5, 0.6) is 0 Å². The first-order valence-electron chi connectivity index (χ1n) is 7.84. The number of nitrogens with zero attached hydrogens (tertiary/aromatic N) is 1. The molecule has 4 heteroatoms. The predicted octanol–water partition coefficient (Wildman–Crippen LogP) is 3.95. The Hall–Kier alpha value is -2.20. The van der Waals surface area contributed by atoms with E-state index in [1.54, 1.807) is 12.1 Å². The molecule has 3 rings (SSSR count). The van der Waals surface area contributed by atoms with E-state index in [2.05, 4.69) is 4.90 Å². The van der Waals surface area contributed by atoms with Crippen molar-refractivity contribution >= 4 is 5.97 Å². The average Bonchev–Trinajstić information content (AvgIpc) is 3.03. The number of carbonyl (C=O) groups excluding carboxylic acids is 1. The monoisotopic (exact) mass is 313 g/mol. The summed E-state index contributed by atoms with van der Waals surface area (Å²) in [4.78, 5) is 13.9. The lowest BCUT2D eigenvalue weighted by Crippen LogP contribution is -2.22. The number of ether oxygens (including phenoxy) is 1. The second-order valence-corrected chi connectivity index (χ2v) is 5.87. The fraction of sp³-hybridized carbons (Fsp3) is 0.316. The van der Waals surface area contributed by atoms with Crippen molar-refractivity contribution in [3.63, 3.8) is 0 Å². The van der Waals surface area contributed by atoms with Gasteiger partial charge in [0.25, 0.3) is 0 Å². The van der Waals surface area contributed by atoms with Crippen molar-refractivity contribution in [1.29, 1.82) is 0 Å². The van der Waals surface area contributed by atoms with Gasteiger partial charge in [-0.1, -0.05) is 24.3 Å². The van der Waals surface area contributed by atoms with Crippen LogP contribution in [0.2, 0.25) is 0 Å². The highest BCUT2D eigenvalue weighted by atomic mass is 19.1. The molecule has 1 atom stereocenters. The fourth-order valence-corrected chi connectivity index (χ4v) is 3.18. The topological polar surface area (TPSA) is 29.5 Å². The number of likely N-dealkylation sites (tertiary alicyclic amines) is 1. The molecule has 23 heavy (non-hydrogen) atoms. The fourth-order valence-electron chi connectivity index (χ4n) is 3.18. The van der Waals surface area contributed by atoms with E-state index < -0.39 is 0 Å². The van der Waals surface area contributed by atoms with Crippen LogP contribution in [0.25, 0.3) is 0 Å². The van der Waals surface area contributed by atoms with Crippen LogP contribution in [-0.2, 0) is 11.3 Å². The van der Waals surface area contributed by atoms with E-state index in [1.165, 1.54) is 19.2 Å². The van der Waals surface area contributed by atoms with Gasteiger partial charge in [-0.05, 0) is 54.8 Å². The summed E-state index contributed by atoms with van der Waals surface area (Å²) in [6.45, 7) is 1.85. The average molecular weight is 313 g/mol. The molecule has 1 aliphatic heterocycles. The molecule has 0 amide bonds. The van der Waals surface area contributed by atoms with Crippen LogP contribution in [0.3, 0.4) is 0 Å². The van der Waals surface area contributed by atoms with Crippen LogP contribution < -0.4 is 0 Å². The number of carbonyl (C=O) groups is 1. The Balaban J connectivity index is 1.71. The van der Waals surface area contributed by atoms with Gasteiger partial charge in [0.05, 0.1) is 12.7 Å². The molecule has 0 radical (unpaired) electrons. The number of methoxy groups -OCH3 is 1. The SMILES string of the molecule is COC(=O)c1ccc(CN2CCC[C@@H]2c2ccc(F)cc2)cc1. The van der Waals surface area contributed by atoms with Crippen molar-refractivity contribution in [2.75, 3.05) is 13.7 Å². The lowest BCUT2D eigenvalue weighted by Gasteiger charge is -2.25. The van der Waals surface area contributed by atoms with Crippen molar-refractivity contribution in [2.45, 2.75) is 25.4 Å². The first-order valence-corrected chi connectivity index (χ1v) is 7.84. The van der Waals surface area contributed by atoms with Crippen molar-refractivity contribution in [2.24, 2.45) is 0 Å². The maximum Gasteiger partial charge on any atom is 0.337 e. The van der Waals surface area contributed by atoms with Crippen LogP contribution in [0.1, 0.15) is 40.4 Å². The highest BCUT2D eigenvalue weighted by molar-refractivity contribution is 5.89. The largest absolute Gasteiger partial charge is 0.465 e. The summed E-state index contributed by atoms with van der Waals surface area (Å²) >= 11 is 0. The molecule has 0 bridgehead atoms. The summed E-state index contributed by atoms with van der Waals surface area (Å²) in [5.41, 5.74) is 2.88. The Morgan fingerprint density at radius 2 is 1.87 bits per heavy atom. The Morgan fingerprint density at radius 3 is 2.52 bits per heavy atom. The highest BCUT2D eigenvalue weighted by Crippen LogP contribution is 2.33. The molecule has 0 spiro atoms. The minimum absolute atomic E-state index is 0.198. The zero-order valence-electron chi connectivity index (χ0n) is 13.2. The van der Waals surface area contributed by atoms with E-state index in [-0.39, 0.29) is 11.8 Å². The molecule has 1 fully saturated rings. The number of rotatable bonds is 4. The van der Waals surface area contributed by atoms with Gasteiger partial charge in [-0.25, -0.2) is 9.18 Å².